The van der Waals surface area contributed by atoms with E-state index < -0.39 is 156 Å². The van der Waals surface area contributed by atoms with Gasteiger partial charge in [-0.1, -0.05) is 109 Å². The Hall–Kier alpha value is -7.06. The first-order valence-corrected chi connectivity index (χ1v) is 37.4. The molecule has 28 heteroatoms. The summed E-state index contributed by atoms with van der Waals surface area (Å²) in [4.78, 5) is 188. The number of benzene rings is 1. The minimum Gasteiger partial charge on any atom is -0.354 e. The number of aryl methyl sites for hydroxylation is 1. The summed E-state index contributed by atoms with van der Waals surface area (Å²) in [5.41, 5.74) is -0.724. The number of hydrogen-bond acceptors (Lipinski definition) is 12. The van der Waals surface area contributed by atoms with Gasteiger partial charge >= 0.3 is 6.18 Å². The predicted molar refractivity (Wildman–Crippen MR) is 374 cm³/mol. The molecule has 24 nitrogen and oxygen atoms in total. The summed E-state index contributed by atoms with van der Waals surface area (Å²) in [5, 5.41) is 8.07. The number of amides is 12. The van der Waals surface area contributed by atoms with Crippen molar-refractivity contribution in [2.45, 2.75) is 236 Å². The Labute approximate surface area is 599 Å². The van der Waals surface area contributed by atoms with E-state index in [9.17, 15) is 61.1 Å². The molecule has 6 aliphatic rings. The van der Waals surface area contributed by atoms with Gasteiger partial charge in [-0.3, -0.25) is 57.5 Å². The second-order valence-corrected chi connectivity index (χ2v) is 30.0. The van der Waals surface area contributed by atoms with Crippen molar-refractivity contribution in [3.8, 4) is 0 Å². The van der Waals surface area contributed by atoms with Gasteiger partial charge in [-0.05, 0) is 125 Å². The SMILES string of the molecule is CC[C@H](C)[C@@H]1NC(=O)[C@H](CC2CCC2)N(C)C(=O)C[C@@H](C(=O)N2CCCCC2)N(C)C(=O)[C@H](C2CCCCC2)N(C)C(=O)CCCCNC(=O)[C@@H]2CCCN2C(=O)[C@H](CCc2ccc(C(F)(F)F)c(Cl)c2)NC(=O)CN(C)C(=O)[C@H](CC2CCCCC2)N(C)C(=O)CN(C)C(=O)CN(C)C1=O. The Morgan fingerprint density at radius 1 is 0.574 bits per heavy atom. The summed E-state index contributed by atoms with van der Waals surface area (Å²) in [7, 11) is 10.2. The van der Waals surface area contributed by atoms with Crippen LogP contribution in [-0.2, 0) is 70.1 Å². The molecule has 101 heavy (non-hydrogen) atoms. The number of nitrogens with one attached hydrogen (secondary N) is 3. The Balaban J connectivity index is 1.20. The lowest BCUT2D eigenvalue weighted by Gasteiger charge is -2.41. The molecule has 0 unspecified atom stereocenters. The van der Waals surface area contributed by atoms with Gasteiger partial charge in [0.05, 0.1) is 36.6 Å². The average Bonchev–Trinajstić information content (AvgIpc) is 0.911. The number of rotatable bonds is 11. The lowest BCUT2D eigenvalue weighted by atomic mass is 9.80. The smallest absolute Gasteiger partial charge is 0.354 e. The van der Waals surface area contributed by atoms with Crippen LogP contribution in [0.5, 0.6) is 0 Å². The quantitative estimate of drug-likeness (QED) is 0.217. The molecular formula is C73H112ClF3N12O12. The van der Waals surface area contributed by atoms with E-state index in [0.717, 1.165) is 112 Å². The van der Waals surface area contributed by atoms with E-state index >= 15 is 9.59 Å². The fraction of sp³-hybridized carbons (Fsp3) is 0.753. The van der Waals surface area contributed by atoms with Gasteiger partial charge in [-0.2, -0.15) is 13.2 Å². The molecule has 6 fully saturated rings. The summed E-state index contributed by atoms with van der Waals surface area (Å²) in [6.45, 7) is 3.08. The van der Waals surface area contributed by atoms with E-state index in [1.165, 1.54) is 77.8 Å². The molecule has 0 spiro atoms. The number of likely N-dealkylation sites (tertiary alicyclic amines) is 1. The Bertz CT molecular complexity index is 3090. The number of carbonyl (C=O) groups is 12. The highest BCUT2D eigenvalue weighted by Gasteiger charge is 2.45. The van der Waals surface area contributed by atoms with Gasteiger partial charge in [0, 0.05) is 81.9 Å². The number of alkyl halides is 3. The van der Waals surface area contributed by atoms with Crippen LogP contribution in [0, 0.1) is 23.7 Å². The van der Waals surface area contributed by atoms with Crippen LogP contribution < -0.4 is 16.0 Å². The van der Waals surface area contributed by atoms with Crippen molar-refractivity contribution in [1.29, 1.82) is 0 Å². The predicted octanol–water partition coefficient (Wildman–Crippen LogP) is 6.42. The maximum Gasteiger partial charge on any atom is 0.417 e. The summed E-state index contributed by atoms with van der Waals surface area (Å²) in [5.74, 6) is -7.46. The molecule has 1 aromatic rings. The number of piperidine rings is 1. The van der Waals surface area contributed by atoms with Gasteiger partial charge in [0.15, 0.2) is 0 Å². The third-order valence-electron chi connectivity index (χ3n) is 22.4. The van der Waals surface area contributed by atoms with E-state index in [4.69, 9.17) is 11.6 Å². The Morgan fingerprint density at radius 3 is 1.78 bits per heavy atom. The van der Waals surface area contributed by atoms with Crippen molar-refractivity contribution >= 4 is 82.5 Å². The molecule has 3 saturated heterocycles. The van der Waals surface area contributed by atoms with Crippen LogP contribution in [0.15, 0.2) is 18.2 Å². The lowest BCUT2D eigenvalue weighted by molar-refractivity contribution is -0.155. The molecule has 1 aromatic carbocycles. The average molecular weight is 1440 g/mol. The van der Waals surface area contributed by atoms with Crippen LogP contribution in [0.3, 0.4) is 0 Å². The lowest BCUT2D eigenvalue weighted by Crippen LogP contribution is -2.60. The molecule has 3 aliphatic carbocycles. The van der Waals surface area contributed by atoms with E-state index in [-0.39, 0.29) is 81.7 Å². The molecule has 3 N–H and O–H groups in total. The number of carbonyl (C=O) groups excluding carboxylic acids is 12. The first-order valence-electron chi connectivity index (χ1n) is 37.0. The molecule has 0 aromatic heterocycles. The minimum atomic E-state index is -4.73. The number of halogens is 4. The van der Waals surface area contributed by atoms with Gasteiger partial charge in [0.2, 0.25) is 70.9 Å². The van der Waals surface area contributed by atoms with E-state index in [1.807, 2.05) is 6.92 Å². The monoisotopic (exact) mass is 1440 g/mol. The van der Waals surface area contributed by atoms with Crippen LogP contribution in [-0.4, -0.2) is 252 Å². The number of hydrogen-bond donors (Lipinski definition) is 3. The Morgan fingerprint density at radius 2 is 1.17 bits per heavy atom. The molecule has 7 rings (SSSR count). The van der Waals surface area contributed by atoms with Crippen LogP contribution >= 0.6 is 11.6 Å². The number of likely N-dealkylation sites (N-methyl/N-ethyl adjacent to an activating group) is 7. The summed E-state index contributed by atoms with van der Waals surface area (Å²) >= 11 is 6.11. The highest BCUT2D eigenvalue weighted by atomic mass is 35.5. The summed E-state index contributed by atoms with van der Waals surface area (Å²) < 4.78 is 41.3. The van der Waals surface area contributed by atoms with Gasteiger partial charge in [-0.25, -0.2) is 0 Å². The van der Waals surface area contributed by atoms with E-state index in [1.54, 1.807) is 18.9 Å². The minimum absolute atomic E-state index is 0.0119. The van der Waals surface area contributed by atoms with Crippen molar-refractivity contribution in [3.05, 3.63) is 34.3 Å². The highest BCUT2D eigenvalue weighted by Crippen LogP contribution is 2.37. The fourth-order valence-electron chi connectivity index (χ4n) is 15.4. The molecule has 564 valence electrons. The zero-order valence-electron chi connectivity index (χ0n) is 61.1. The third kappa shape index (κ3) is 22.0. The topological polar surface area (TPSA) is 270 Å². The van der Waals surface area contributed by atoms with Crippen molar-refractivity contribution in [2.24, 2.45) is 23.7 Å². The first kappa shape index (κ1) is 81.2. The molecule has 3 heterocycles. The summed E-state index contributed by atoms with van der Waals surface area (Å²) in [6.07, 6.45) is 9.95. The van der Waals surface area contributed by atoms with Gasteiger partial charge in [0.1, 0.15) is 42.3 Å². The molecule has 12 amide bonds. The largest absolute Gasteiger partial charge is 0.417 e. The van der Waals surface area contributed by atoms with Crippen molar-refractivity contribution in [2.75, 3.05) is 95.1 Å². The number of fused-ring (bicyclic) bond motifs is 1. The van der Waals surface area contributed by atoms with Crippen LogP contribution in [0.1, 0.15) is 192 Å². The van der Waals surface area contributed by atoms with Gasteiger partial charge < -0.3 is 60.0 Å². The zero-order chi connectivity index (χ0) is 74.0. The summed E-state index contributed by atoms with van der Waals surface area (Å²) in [6, 6.07) is -4.83. The van der Waals surface area contributed by atoms with Crippen LogP contribution in [0.2, 0.25) is 5.02 Å². The Kier molecular flexibility index (Phi) is 30.5. The van der Waals surface area contributed by atoms with Crippen molar-refractivity contribution in [1.82, 2.24) is 60.0 Å². The normalized spacial score (nSPS) is 26.8. The van der Waals surface area contributed by atoms with Crippen molar-refractivity contribution < 1.29 is 70.7 Å². The van der Waals surface area contributed by atoms with E-state index in [2.05, 4.69) is 16.0 Å². The standard InChI is InChI=1S/C73H112ClF3N12O12/c1-10-47(2)64-71(100)83(5)45-62(93)81(3)46-63(94)85(7)57(42-48-24-14-11-15-25-48)69(98)82(4)44-59(90)79-54(35-33-50-32-34-52(53(74)40-50)73(75,76)77)68(97)89-39-23-30-55(89)66(95)78-36-19-18-31-60(91)87(9)65(51-28-16-12-17-29-51)72(101)86(8)58(70(99)88-37-20-13-21-38-88)43-61(92)84(6)56(67(96)80-64)41-49-26-22-27-49/h32,34,40,47-49,51,54-58,64-65H,10-31,33,35-39,41-46H2,1-9H3,(H,78,95)(H,79,90)(H,80,96)/t47-,54-,55-,56-,57-,58-,64-,65-/m0/s1. The molecule has 0 radical (unpaired) electrons. The molecule has 3 saturated carbocycles. The zero-order valence-corrected chi connectivity index (χ0v) is 61.8. The first-order chi connectivity index (χ1) is 47.9. The molecule has 3 aliphatic heterocycles. The second kappa shape index (κ2) is 37.9. The molecule has 8 atom stereocenters. The van der Waals surface area contributed by atoms with Gasteiger partial charge in [-0.15, -0.1) is 0 Å². The fourth-order valence-corrected chi connectivity index (χ4v) is 15.7. The van der Waals surface area contributed by atoms with Crippen LogP contribution in [0.25, 0.3) is 0 Å². The van der Waals surface area contributed by atoms with Gasteiger partial charge in [0.25, 0.3) is 0 Å². The molecule has 0 bridgehead atoms. The highest BCUT2D eigenvalue weighted by molar-refractivity contribution is 6.31. The van der Waals surface area contributed by atoms with E-state index in [0.29, 0.717) is 50.8 Å². The third-order valence-corrected chi connectivity index (χ3v) is 22.7. The van der Waals surface area contributed by atoms with Crippen molar-refractivity contribution in [3.63, 3.8) is 0 Å². The maximum absolute atomic E-state index is 15.4. The maximum atomic E-state index is 15.4. The second-order valence-electron chi connectivity index (χ2n) is 29.6. The van der Waals surface area contributed by atoms with Crippen LogP contribution in [0.4, 0.5) is 13.2 Å². The molecular weight excluding hydrogens is 1330 g/mol. The number of nitrogens with zero attached hydrogens (tertiary/aromatic N) is 9.